The summed E-state index contributed by atoms with van der Waals surface area (Å²) in [6, 6.07) is 13.2. The topological polar surface area (TPSA) is 87.7 Å². The van der Waals surface area contributed by atoms with Crippen LogP contribution in [0.4, 0.5) is 5.69 Å². The summed E-state index contributed by atoms with van der Waals surface area (Å²) >= 11 is 0. The highest BCUT2D eigenvalue weighted by Crippen LogP contribution is 2.10. The van der Waals surface area contributed by atoms with E-state index in [1.165, 1.54) is 24.3 Å². The SMILES string of the molecule is C/C(=N\NC(=O)c1ccc(O)cc1)c1ccc(N)cc1. The van der Waals surface area contributed by atoms with Crippen LogP contribution in [-0.2, 0) is 0 Å². The van der Waals surface area contributed by atoms with Gasteiger partial charge in [-0.05, 0) is 48.9 Å². The Morgan fingerprint density at radius 1 is 1.05 bits per heavy atom. The summed E-state index contributed by atoms with van der Waals surface area (Å²) in [5, 5.41) is 13.2. The number of anilines is 1. The Bertz CT molecular complexity index is 631. The summed E-state index contributed by atoms with van der Waals surface area (Å²) < 4.78 is 0. The average Bonchev–Trinajstić information content (AvgIpc) is 2.46. The summed E-state index contributed by atoms with van der Waals surface area (Å²) in [4.78, 5) is 11.8. The molecule has 0 radical (unpaired) electrons. The Balaban J connectivity index is 2.06. The molecule has 5 nitrogen and oxygen atoms in total. The Morgan fingerprint density at radius 2 is 1.60 bits per heavy atom. The molecule has 0 aliphatic heterocycles. The maximum atomic E-state index is 11.8. The maximum Gasteiger partial charge on any atom is 0.271 e. The zero-order valence-electron chi connectivity index (χ0n) is 11.0. The zero-order valence-corrected chi connectivity index (χ0v) is 11.0. The van der Waals surface area contributed by atoms with Crippen molar-refractivity contribution in [1.29, 1.82) is 0 Å². The smallest absolute Gasteiger partial charge is 0.271 e. The molecule has 20 heavy (non-hydrogen) atoms. The van der Waals surface area contributed by atoms with Crippen LogP contribution in [0.5, 0.6) is 5.75 Å². The number of nitrogens with one attached hydrogen (secondary N) is 1. The fourth-order valence-corrected chi connectivity index (χ4v) is 1.60. The van der Waals surface area contributed by atoms with Gasteiger partial charge in [-0.25, -0.2) is 5.43 Å². The second kappa shape index (κ2) is 5.88. The minimum atomic E-state index is -0.334. The molecule has 0 bridgehead atoms. The van der Waals surface area contributed by atoms with Gasteiger partial charge in [0.25, 0.3) is 5.91 Å². The first-order valence-electron chi connectivity index (χ1n) is 6.06. The third kappa shape index (κ3) is 3.35. The number of nitrogen functional groups attached to an aromatic ring is 1. The lowest BCUT2D eigenvalue weighted by Gasteiger charge is -2.03. The second-order valence-electron chi connectivity index (χ2n) is 4.31. The summed E-state index contributed by atoms with van der Waals surface area (Å²) in [6.45, 7) is 1.79. The molecule has 0 heterocycles. The summed E-state index contributed by atoms with van der Waals surface area (Å²) in [7, 11) is 0. The molecule has 0 unspecified atom stereocenters. The van der Waals surface area contributed by atoms with E-state index >= 15 is 0 Å². The highest BCUT2D eigenvalue weighted by molar-refractivity contribution is 6.01. The molecule has 0 saturated heterocycles. The maximum absolute atomic E-state index is 11.8. The van der Waals surface area contributed by atoms with Gasteiger partial charge in [0.15, 0.2) is 0 Å². The lowest BCUT2D eigenvalue weighted by Crippen LogP contribution is -2.19. The predicted molar refractivity (Wildman–Crippen MR) is 78.6 cm³/mol. The monoisotopic (exact) mass is 269 g/mol. The van der Waals surface area contributed by atoms with Gasteiger partial charge in [0.2, 0.25) is 0 Å². The largest absolute Gasteiger partial charge is 0.508 e. The van der Waals surface area contributed by atoms with Crippen LogP contribution in [0.3, 0.4) is 0 Å². The van der Waals surface area contributed by atoms with Gasteiger partial charge in [0.1, 0.15) is 5.75 Å². The molecule has 2 rings (SSSR count). The minimum Gasteiger partial charge on any atom is -0.508 e. The van der Waals surface area contributed by atoms with Gasteiger partial charge in [-0.15, -0.1) is 0 Å². The first-order valence-corrected chi connectivity index (χ1v) is 6.06. The number of amides is 1. The molecule has 5 heteroatoms. The highest BCUT2D eigenvalue weighted by atomic mass is 16.3. The molecule has 2 aromatic rings. The lowest BCUT2D eigenvalue weighted by molar-refractivity contribution is 0.0955. The molecular formula is C15H15N3O2. The number of hydrogen-bond donors (Lipinski definition) is 3. The summed E-state index contributed by atoms with van der Waals surface area (Å²) in [5.41, 5.74) is 10.7. The van der Waals surface area contributed by atoms with E-state index in [1.807, 2.05) is 12.1 Å². The fraction of sp³-hybridized carbons (Fsp3) is 0.0667. The van der Waals surface area contributed by atoms with Gasteiger partial charge < -0.3 is 10.8 Å². The number of phenols is 1. The van der Waals surface area contributed by atoms with Crippen molar-refractivity contribution >= 4 is 17.3 Å². The van der Waals surface area contributed by atoms with Gasteiger partial charge in [0, 0.05) is 11.3 Å². The van der Waals surface area contributed by atoms with E-state index in [2.05, 4.69) is 10.5 Å². The third-order valence-corrected chi connectivity index (χ3v) is 2.78. The van der Waals surface area contributed by atoms with Crippen molar-refractivity contribution in [3.8, 4) is 5.75 Å². The van der Waals surface area contributed by atoms with Crippen molar-refractivity contribution in [2.24, 2.45) is 5.10 Å². The lowest BCUT2D eigenvalue weighted by atomic mass is 10.1. The standard InChI is InChI=1S/C15H15N3O2/c1-10(11-2-6-13(16)7-3-11)17-18-15(20)12-4-8-14(19)9-5-12/h2-9,19H,16H2,1H3,(H,18,20)/b17-10+. The van der Waals surface area contributed by atoms with Gasteiger partial charge in [-0.3, -0.25) is 4.79 Å². The van der Waals surface area contributed by atoms with E-state index in [9.17, 15) is 4.79 Å². The quantitative estimate of drug-likeness (QED) is 0.453. The number of phenolic OH excluding ortho intramolecular Hbond substituents is 1. The van der Waals surface area contributed by atoms with E-state index < -0.39 is 0 Å². The number of hydrazone groups is 1. The first kappa shape index (κ1) is 13.6. The summed E-state index contributed by atoms with van der Waals surface area (Å²) in [6.07, 6.45) is 0. The molecule has 1 amide bonds. The average molecular weight is 269 g/mol. The van der Waals surface area contributed by atoms with Crippen LogP contribution < -0.4 is 11.2 Å². The van der Waals surface area contributed by atoms with Crippen LogP contribution >= 0.6 is 0 Å². The minimum absolute atomic E-state index is 0.114. The van der Waals surface area contributed by atoms with Gasteiger partial charge in [-0.1, -0.05) is 12.1 Å². The van der Waals surface area contributed by atoms with Crippen molar-refractivity contribution in [3.63, 3.8) is 0 Å². The molecule has 0 atom stereocenters. The van der Waals surface area contributed by atoms with Crippen molar-refractivity contribution < 1.29 is 9.90 Å². The number of nitrogens with two attached hydrogens (primary N) is 1. The van der Waals surface area contributed by atoms with Gasteiger partial charge in [-0.2, -0.15) is 5.10 Å². The highest BCUT2D eigenvalue weighted by Gasteiger charge is 2.04. The number of benzene rings is 2. The first-order chi connectivity index (χ1) is 9.56. The van der Waals surface area contributed by atoms with E-state index in [-0.39, 0.29) is 11.7 Å². The van der Waals surface area contributed by atoms with Crippen molar-refractivity contribution in [3.05, 3.63) is 59.7 Å². The van der Waals surface area contributed by atoms with Crippen LogP contribution in [0.2, 0.25) is 0 Å². The Labute approximate surface area is 116 Å². The van der Waals surface area contributed by atoms with Crippen LogP contribution in [0.25, 0.3) is 0 Å². The molecule has 0 aliphatic rings. The van der Waals surface area contributed by atoms with Crippen LogP contribution in [0.15, 0.2) is 53.6 Å². The Kier molecular flexibility index (Phi) is 4.00. The fourth-order valence-electron chi connectivity index (χ4n) is 1.60. The number of carbonyl (C=O) groups is 1. The van der Waals surface area contributed by atoms with Gasteiger partial charge in [0.05, 0.1) is 5.71 Å². The molecule has 102 valence electrons. The van der Waals surface area contributed by atoms with Crippen molar-refractivity contribution in [2.45, 2.75) is 6.92 Å². The normalized spacial score (nSPS) is 11.2. The zero-order chi connectivity index (χ0) is 14.5. The number of aromatic hydroxyl groups is 1. The van der Waals surface area contributed by atoms with Crippen LogP contribution in [0.1, 0.15) is 22.8 Å². The van der Waals surface area contributed by atoms with Crippen LogP contribution in [0, 0.1) is 0 Å². The van der Waals surface area contributed by atoms with E-state index in [4.69, 9.17) is 10.8 Å². The van der Waals surface area contributed by atoms with E-state index in [0.717, 1.165) is 5.56 Å². The Hall–Kier alpha value is -2.82. The summed E-state index contributed by atoms with van der Waals surface area (Å²) in [5.74, 6) is -0.220. The van der Waals surface area contributed by atoms with E-state index in [0.29, 0.717) is 17.0 Å². The number of hydrogen-bond acceptors (Lipinski definition) is 4. The number of carbonyl (C=O) groups excluding carboxylic acids is 1. The second-order valence-corrected chi connectivity index (χ2v) is 4.31. The molecule has 0 saturated carbocycles. The molecule has 0 fully saturated rings. The predicted octanol–water partition coefficient (Wildman–Crippen LogP) is 2.13. The molecular weight excluding hydrogens is 254 g/mol. The molecule has 0 aliphatic carbocycles. The molecule has 0 aromatic heterocycles. The molecule has 2 aromatic carbocycles. The third-order valence-electron chi connectivity index (χ3n) is 2.78. The molecule has 4 N–H and O–H groups in total. The van der Waals surface area contributed by atoms with Crippen LogP contribution in [-0.4, -0.2) is 16.7 Å². The Morgan fingerprint density at radius 3 is 2.20 bits per heavy atom. The number of rotatable bonds is 3. The van der Waals surface area contributed by atoms with Gasteiger partial charge >= 0.3 is 0 Å². The van der Waals surface area contributed by atoms with Crippen molar-refractivity contribution in [1.82, 2.24) is 5.43 Å². The van der Waals surface area contributed by atoms with E-state index in [1.54, 1.807) is 19.1 Å². The number of nitrogens with zero attached hydrogens (tertiary/aromatic N) is 1. The van der Waals surface area contributed by atoms with Crippen molar-refractivity contribution in [2.75, 3.05) is 5.73 Å². The molecule has 0 spiro atoms.